The van der Waals surface area contributed by atoms with E-state index in [1.54, 1.807) is 12.2 Å². The van der Waals surface area contributed by atoms with Crippen LogP contribution in [0, 0.1) is 11.8 Å². The van der Waals surface area contributed by atoms with Crippen molar-refractivity contribution in [3.05, 3.63) is 82.8 Å². The monoisotopic (exact) mass is 498 g/mol. The summed E-state index contributed by atoms with van der Waals surface area (Å²) >= 11 is 0. The summed E-state index contributed by atoms with van der Waals surface area (Å²) in [5.41, 5.74) is 2.77. The Morgan fingerprint density at radius 1 is 1.03 bits per heavy atom. The van der Waals surface area contributed by atoms with E-state index >= 15 is 4.39 Å². The summed E-state index contributed by atoms with van der Waals surface area (Å²) in [7, 11) is 0. The molecule has 1 unspecified atom stereocenters. The number of hydrogen-bond donors (Lipinski definition) is 0. The summed E-state index contributed by atoms with van der Waals surface area (Å²) in [5, 5.41) is 0. The van der Waals surface area contributed by atoms with Gasteiger partial charge in [-0.2, -0.15) is 0 Å². The van der Waals surface area contributed by atoms with Crippen molar-refractivity contribution in [1.82, 2.24) is 0 Å². The molecule has 2 aliphatic carbocycles. The molecule has 0 aromatic heterocycles. The Morgan fingerprint density at radius 3 is 2.36 bits per heavy atom. The van der Waals surface area contributed by atoms with Crippen molar-refractivity contribution < 1.29 is 17.9 Å². The average Bonchev–Trinajstić information content (AvgIpc) is 2.88. The van der Waals surface area contributed by atoms with E-state index in [1.165, 1.54) is 18.9 Å². The molecule has 0 saturated heterocycles. The molecule has 2 aliphatic rings. The fourth-order valence-corrected chi connectivity index (χ4v) is 5.38. The van der Waals surface area contributed by atoms with Crippen molar-refractivity contribution in [2.24, 2.45) is 11.8 Å². The first-order valence-corrected chi connectivity index (χ1v) is 13.7. The van der Waals surface area contributed by atoms with Crippen LogP contribution in [0.4, 0.5) is 13.2 Å². The largest absolute Gasteiger partial charge is 0.374 e. The fraction of sp³-hybridized carbons (Fsp3) is 0.500. The standard InChI is InChI=1S/C32H41F3O/c1-4-8-23-12-18-26(19-13-23)29(9-5-2)32(35)30(33)11-7-10-24-14-16-25(17-15-24)28-21-20-27(36-6-3)22-31(28)34/h7,9-10,14-17,21-23,26-27H,4-6,8,11-13,18-20H2,1-3H3/b10-7+,29-9-,32-30-. The van der Waals surface area contributed by atoms with Crippen molar-refractivity contribution in [2.75, 3.05) is 6.61 Å². The number of benzene rings is 1. The zero-order valence-corrected chi connectivity index (χ0v) is 22.0. The van der Waals surface area contributed by atoms with Crippen molar-refractivity contribution >= 4 is 11.6 Å². The molecule has 0 amide bonds. The normalized spacial score (nSPS) is 23.9. The first-order chi connectivity index (χ1) is 17.5. The van der Waals surface area contributed by atoms with Gasteiger partial charge in [-0.15, -0.1) is 0 Å². The summed E-state index contributed by atoms with van der Waals surface area (Å²) < 4.78 is 49.9. The average molecular weight is 499 g/mol. The molecule has 0 heterocycles. The van der Waals surface area contributed by atoms with Gasteiger partial charge in [0.1, 0.15) is 11.7 Å². The van der Waals surface area contributed by atoms with Crippen LogP contribution in [0.5, 0.6) is 0 Å². The molecule has 0 N–H and O–H groups in total. The summed E-state index contributed by atoms with van der Waals surface area (Å²) in [6, 6.07) is 7.43. The van der Waals surface area contributed by atoms with Gasteiger partial charge in [-0.25, -0.2) is 13.2 Å². The minimum Gasteiger partial charge on any atom is -0.374 e. The molecule has 1 aromatic rings. The summed E-state index contributed by atoms with van der Waals surface area (Å²) in [4.78, 5) is 0. The Hall–Kier alpha value is -2.33. The number of halogens is 3. The van der Waals surface area contributed by atoms with Crippen LogP contribution in [0.2, 0.25) is 0 Å². The van der Waals surface area contributed by atoms with Gasteiger partial charge in [0.2, 0.25) is 0 Å². The van der Waals surface area contributed by atoms with E-state index in [1.807, 2.05) is 50.3 Å². The van der Waals surface area contributed by atoms with Gasteiger partial charge in [-0.1, -0.05) is 75.3 Å². The highest BCUT2D eigenvalue weighted by atomic mass is 19.2. The van der Waals surface area contributed by atoms with Crippen molar-refractivity contribution in [2.45, 2.75) is 84.7 Å². The lowest BCUT2D eigenvalue weighted by atomic mass is 9.76. The maximum Gasteiger partial charge on any atom is 0.158 e. The molecule has 0 radical (unpaired) electrons. The van der Waals surface area contributed by atoms with E-state index in [-0.39, 0.29) is 24.3 Å². The first kappa shape index (κ1) is 28.2. The van der Waals surface area contributed by atoms with E-state index in [4.69, 9.17) is 4.74 Å². The lowest BCUT2D eigenvalue weighted by molar-refractivity contribution is 0.0964. The van der Waals surface area contributed by atoms with Gasteiger partial charge in [0.05, 0.1) is 6.10 Å². The summed E-state index contributed by atoms with van der Waals surface area (Å²) in [6.07, 6.45) is 16.2. The molecule has 1 saturated carbocycles. The Labute approximate surface area is 215 Å². The third-order valence-corrected chi connectivity index (χ3v) is 7.25. The molecule has 0 spiro atoms. The summed E-state index contributed by atoms with van der Waals surface area (Å²) in [6.45, 7) is 6.62. The minimum atomic E-state index is -0.707. The molecule has 196 valence electrons. The van der Waals surface area contributed by atoms with E-state index in [9.17, 15) is 8.78 Å². The maximum absolute atomic E-state index is 15.1. The molecular weight excluding hydrogens is 457 g/mol. The Bertz CT molecular complexity index is 989. The second-order valence-electron chi connectivity index (χ2n) is 9.88. The van der Waals surface area contributed by atoms with Crippen LogP contribution in [-0.2, 0) is 4.74 Å². The molecule has 36 heavy (non-hydrogen) atoms. The molecule has 0 aliphatic heterocycles. The topological polar surface area (TPSA) is 9.23 Å². The second-order valence-corrected chi connectivity index (χ2v) is 9.88. The van der Waals surface area contributed by atoms with E-state index in [0.717, 1.165) is 42.7 Å². The number of allylic oxidation sites excluding steroid dienone is 7. The van der Waals surface area contributed by atoms with Gasteiger partial charge < -0.3 is 4.74 Å². The Balaban J connectivity index is 1.60. The SMILES string of the molecule is CC/C=C(\C(F)=C(\F)C/C=C/c1ccc(C2=CCC(OCC)C=C2F)cc1)C1CCC(CCC)CC1. The van der Waals surface area contributed by atoms with Crippen LogP contribution < -0.4 is 0 Å². The van der Waals surface area contributed by atoms with Crippen molar-refractivity contribution in [3.63, 3.8) is 0 Å². The molecule has 1 aromatic carbocycles. The zero-order valence-electron chi connectivity index (χ0n) is 22.0. The van der Waals surface area contributed by atoms with Crippen LogP contribution >= 0.6 is 0 Å². The van der Waals surface area contributed by atoms with Gasteiger partial charge >= 0.3 is 0 Å². The highest BCUT2D eigenvalue weighted by Crippen LogP contribution is 2.39. The van der Waals surface area contributed by atoms with E-state index in [0.29, 0.717) is 30.6 Å². The predicted molar refractivity (Wildman–Crippen MR) is 145 cm³/mol. The third-order valence-electron chi connectivity index (χ3n) is 7.25. The van der Waals surface area contributed by atoms with E-state index < -0.39 is 11.7 Å². The zero-order chi connectivity index (χ0) is 25.9. The van der Waals surface area contributed by atoms with Crippen LogP contribution in [-0.4, -0.2) is 12.7 Å². The lowest BCUT2D eigenvalue weighted by Gasteiger charge is -2.29. The van der Waals surface area contributed by atoms with Crippen LogP contribution in [0.15, 0.2) is 71.6 Å². The van der Waals surface area contributed by atoms with Gasteiger partial charge in [0, 0.05) is 18.6 Å². The van der Waals surface area contributed by atoms with E-state index in [2.05, 4.69) is 6.92 Å². The highest BCUT2D eigenvalue weighted by molar-refractivity contribution is 5.78. The molecule has 1 nitrogen and oxygen atoms in total. The Kier molecular flexibility index (Phi) is 11.3. The molecule has 3 rings (SSSR count). The van der Waals surface area contributed by atoms with Crippen LogP contribution in [0.1, 0.15) is 89.7 Å². The Morgan fingerprint density at radius 2 is 1.75 bits per heavy atom. The molecule has 4 heteroatoms. The smallest absolute Gasteiger partial charge is 0.158 e. The number of hydrogen-bond acceptors (Lipinski definition) is 1. The van der Waals surface area contributed by atoms with Crippen LogP contribution in [0.3, 0.4) is 0 Å². The van der Waals surface area contributed by atoms with Gasteiger partial charge in [0.15, 0.2) is 5.83 Å². The summed E-state index contributed by atoms with van der Waals surface area (Å²) in [5.74, 6) is -0.809. The van der Waals surface area contributed by atoms with Crippen LogP contribution in [0.25, 0.3) is 11.6 Å². The number of ether oxygens (including phenoxy) is 1. The second kappa shape index (κ2) is 14.4. The molecular formula is C32H41F3O. The molecule has 0 bridgehead atoms. The lowest BCUT2D eigenvalue weighted by Crippen LogP contribution is -2.17. The third kappa shape index (κ3) is 7.83. The van der Waals surface area contributed by atoms with Gasteiger partial charge in [-0.05, 0) is 80.1 Å². The minimum absolute atomic E-state index is 0.0822. The van der Waals surface area contributed by atoms with Crippen molar-refractivity contribution in [1.29, 1.82) is 0 Å². The molecule has 1 atom stereocenters. The maximum atomic E-state index is 15.1. The van der Waals surface area contributed by atoms with Gasteiger partial charge in [0.25, 0.3) is 0 Å². The van der Waals surface area contributed by atoms with Crippen molar-refractivity contribution in [3.8, 4) is 0 Å². The predicted octanol–water partition coefficient (Wildman–Crippen LogP) is 10.2. The molecule has 1 fully saturated rings. The highest BCUT2D eigenvalue weighted by Gasteiger charge is 2.26. The fourth-order valence-electron chi connectivity index (χ4n) is 5.38. The number of rotatable bonds is 11. The first-order valence-electron chi connectivity index (χ1n) is 13.7. The quantitative estimate of drug-likeness (QED) is 0.276. The van der Waals surface area contributed by atoms with Gasteiger partial charge in [-0.3, -0.25) is 0 Å².